The van der Waals surface area contributed by atoms with Crippen LogP contribution < -0.4 is 5.73 Å². The van der Waals surface area contributed by atoms with Gasteiger partial charge >= 0.3 is 5.97 Å². The Hall–Kier alpha value is -3.73. The third kappa shape index (κ3) is 2.66. The van der Waals surface area contributed by atoms with Crippen molar-refractivity contribution in [3.8, 4) is 23.0 Å². The zero-order valence-corrected chi connectivity index (χ0v) is 12.1. The fraction of sp³-hybridized carbons (Fsp3) is 0. The van der Waals surface area contributed by atoms with E-state index in [-0.39, 0.29) is 28.6 Å². The molecule has 0 amide bonds. The molecule has 2 aromatic heterocycles. The van der Waals surface area contributed by atoms with Crippen LogP contribution in [0, 0.1) is 17.1 Å². The van der Waals surface area contributed by atoms with Gasteiger partial charge in [0.05, 0.1) is 11.6 Å². The van der Waals surface area contributed by atoms with Crippen LogP contribution in [0.2, 0.25) is 0 Å². The maximum absolute atomic E-state index is 13.0. The third-order valence-electron chi connectivity index (χ3n) is 3.37. The largest absolute Gasteiger partial charge is 0.477 e. The number of nitrogen functional groups attached to an aromatic ring is 1. The van der Waals surface area contributed by atoms with E-state index in [0.717, 1.165) is 0 Å². The lowest BCUT2D eigenvalue weighted by molar-refractivity contribution is 0.0698. The molecule has 3 rings (SSSR count). The molecule has 0 aliphatic heterocycles. The van der Waals surface area contributed by atoms with Gasteiger partial charge in [-0.15, -0.1) is 5.10 Å². The highest BCUT2D eigenvalue weighted by molar-refractivity contribution is 5.92. The maximum atomic E-state index is 13.0. The number of nitrogens with zero attached hydrogens (tertiary/aromatic N) is 4. The Morgan fingerprint density at radius 3 is 2.62 bits per heavy atom. The summed E-state index contributed by atoms with van der Waals surface area (Å²) in [5.41, 5.74) is 6.84. The molecule has 0 unspecified atom stereocenters. The topological polar surface area (TPSA) is 118 Å². The standard InChI is InChI=1S/C16H10FN5O2/c17-11-3-1-9(2-4-11)12-7-20-14(5-10(12)6-18)22-8-13(16(23)24)15(19)21-22/h1-5,7-8H,(H2,19,21)(H,23,24). The van der Waals surface area contributed by atoms with Crippen LogP contribution in [-0.2, 0) is 0 Å². The van der Waals surface area contributed by atoms with Gasteiger partial charge in [0.15, 0.2) is 11.6 Å². The normalized spacial score (nSPS) is 10.3. The average molecular weight is 323 g/mol. The minimum Gasteiger partial charge on any atom is -0.477 e. The van der Waals surface area contributed by atoms with Crippen LogP contribution in [0.1, 0.15) is 15.9 Å². The van der Waals surface area contributed by atoms with Crippen molar-refractivity contribution >= 4 is 11.8 Å². The van der Waals surface area contributed by atoms with Crippen LogP contribution in [0.5, 0.6) is 0 Å². The van der Waals surface area contributed by atoms with E-state index in [1.165, 1.54) is 35.3 Å². The van der Waals surface area contributed by atoms with E-state index >= 15 is 0 Å². The molecule has 0 atom stereocenters. The van der Waals surface area contributed by atoms with Gasteiger partial charge in [0.1, 0.15) is 11.4 Å². The summed E-state index contributed by atoms with van der Waals surface area (Å²) < 4.78 is 14.2. The number of nitriles is 1. The number of aromatic carboxylic acids is 1. The third-order valence-corrected chi connectivity index (χ3v) is 3.37. The summed E-state index contributed by atoms with van der Waals surface area (Å²) in [7, 11) is 0. The first-order chi connectivity index (χ1) is 11.5. The predicted molar refractivity (Wildman–Crippen MR) is 82.8 cm³/mol. The predicted octanol–water partition coefficient (Wildman–Crippen LogP) is 2.23. The molecular formula is C16H10FN5O2. The van der Waals surface area contributed by atoms with Gasteiger partial charge in [-0.25, -0.2) is 18.9 Å². The molecule has 0 fully saturated rings. The van der Waals surface area contributed by atoms with Crippen molar-refractivity contribution in [2.75, 3.05) is 5.73 Å². The van der Waals surface area contributed by atoms with E-state index in [1.807, 2.05) is 6.07 Å². The number of halogens is 1. The number of benzene rings is 1. The number of hydrogen-bond donors (Lipinski definition) is 2. The van der Waals surface area contributed by atoms with Crippen molar-refractivity contribution < 1.29 is 14.3 Å². The van der Waals surface area contributed by atoms with Crippen LogP contribution in [0.15, 0.2) is 42.7 Å². The summed E-state index contributed by atoms with van der Waals surface area (Å²) in [6.07, 6.45) is 2.66. The molecule has 2 heterocycles. The summed E-state index contributed by atoms with van der Waals surface area (Å²) in [6.45, 7) is 0. The summed E-state index contributed by atoms with van der Waals surface area (Å²) in [6, 6.07) is 9.16. The van der Waals surface area contributed by atoms with Gasteiger partial charge in [-0.1, -0.05) is 12.1 Å². The molecule has 8 heteroatoms. The second kappa shape index (κ2) is 5.81. The number of carbonyl (C=O) groups is 1. The van der Waals surface area contributed by atoms with Crippen molar-refractivity contribution in [3.63, 3.8) is 0 Å². The van der Waals surface area contributed by atoms with E-state index < -0.39 is 5.97 Å². The average Bonchev–Trinajstić information content (AvgIpc) is 2.97. The van der Waals surface area contributed by atoms with Crippen molar-refractivity contribution in [1.29, 1.82) is 5.26 Å². The molecule has 0 saturated carbocycles. The number of hydrogen-bond acceptors (Lipinski definition) is 5. The summed E-state index contributed by atoms with van der Waals surface area (Å²) in [4.78, 5) is 15.2. The van der Waals surface area contributed by atoms with Crippen molar-refractivity contribution in [3.05, 3.63) is 59.7 Å². The van der Waals surface area contributed by atoms with E-state index in [4.69, 9.17) is 10.8 Å². The Balaban J connectivity index is 2.07. The quantitative estimate of drug-likeness (QED) is 0.763. The number of carboxylic acids is 1. The van der Waals surface area contributed by atoms with E-state index in [2.05, 4.69) is 10.1 Å². The number of carboxylic acid groups (broad SMARTS) is 1. The van der Waals surface area contributed by atoms with E-state index in [9.17, 15) is 14.4 Å². The van der Waals surface area contributed by atoms with Crippen LogP contribution in [0.3, 0.4) is 0 Å². The lowest BCUT2D eigenvalue weighted by Gasteiger charge is -2.06. The van der Waals surface area contributed by atoms with E-state index in [0.29, 0.717) is 11.1 Å². The Morgan fingerprint density at radius 2 is 2.04 bits per heavy atom. The molecule has 118 valence electrons. The molecule has 0 radical (unpaired) electrons. The molecule has 0 bridgehead atoms. The molecule has 1 aromatic carbocycles. The number of nitrogens with two attached hydrogens (primary N) is 1. The van der Waals surface area contributed by atoms with Gasteiger partial charge < -0.3 is 10.8 Å². The van der Waals surface area contributed by atoms with Gasteiger partial charge in [0.25, 0.3) is 0 Å². The van der Waals surface area contributed by atoms with Crippen molar-refractivity contribution in [2.45, 2.75) is 0 Å². The second-order valence-corrected chi connectivity index (χ2v) is 4.88. The zero-order chi connectivity index (χ0) is 17.3. The molecule has 3 aromatic rings. The Kier molecular flexibility index (Phi) is 3.67. The lowest BCUT2D eigenvalue weighted by atomic mass is 10.0. The smallest absolute Gasteiger partial charge is 0.341 e. The first-order valence-corrected chi connectivity index (χ1v) is 6.74. The molecule has 0 saturated heterocycles. The Morgan fingerprint density at radius 1 is 1.33 bits per heavy atom. The van der Waals surface area contributed by atoms with Gasteiger partial charge in [-0.2, -0.15) is 5.26 Å². The lowest BCUT2D eigenvalue weighted by Crippen LogP contribution is -2.00. The van der Waals surface area contributed by atoms with Crippen molar-refractivity contribution in [2.24, 2.45) is 0 Å². The Labute approximate surface area is 135 Å². The fourth-order valence-electron chi connectivity index (χ4n) is 2.19. The van der Waals surface area contributed by atoms with Gasteiger partial charge in [-0.05, 0) is 17.7 Å². The molecule has 24 heavy (non-hydrogen) atoms. The number of aromatic nitrogens is 3. The van der Waals surface area contributed by atoms with Gasteiger partial charge in [-0.3, -0.25) is 0 Å². The molecular weight excluding hydrogens is 313 g/mol. The molecule has 7 nitrogen and oxygen atoms in total. The highest BCUT2D eigenvalue weighted by atomic mass is 19.1. The number of rotatable bonds is 3. The van der Waals surface area contributed by atoms with Crippen LogP contribution in [-0.4, -0.2) is 25.8 Å². The van der Waals surface area contributed by atoms with Crippen LogP contribution in [0.25, 0.3) is 16.9 Å². The SMILES string of the molecule is N#Cc1cc(-n2cc(C(=O)O)c(N)n2)ncc1-c1ccc(F)cc1. The number of pyridine rings is 1. The van der Waals surface area contributed by atoms with Gasteiger partial charge in [0.2, 0.25) is 0 Å². The zero-order valence-electron chi connectivity index (χ0n) is 12.1. The number of anilines is 1. The summed E-state index contributed by atoms with van der Waals surface area (Å²) in [5, 5.41) is 22.2. The second-order valence-electron chi connectivity index (χ2n) is 4.88. The molecule has 0 spiro atoms. The van der Waals surface area contributed by atoms with Gasteiger partial charge in [0, 0.05) is 24.0 Å². The minimum atomic E-state index is -1.21. The highest BCUT2D eigenvalue weighted by Gasteiger charge is 2.15. The molecule has 0 aliphatic rings. The first kappa shape index (κ1) is 15.2. The first-order valence-electron chi connectivity index (χ1n) is 6.74. The summed E-state index contributed by atoms with van der Waals surface area (Å²) in [5.74, 6) is -1.49. The van der Waals surface area contributed by atoms with E-state index in [1.54, 1.807) is 12.1 Å². The molecule has 0 aliphatic carbocycles. The maximum Gasteiger partial charge on any atom is 0.341 e. The monoisotopic (exact) mass is 323 g/mol. The summed E-state index contributed by atoms with van der Waals surface area (Å²) >= 11 is 0. The Bertz CT molecular complexity index is 973. The fourth-order valence-corrected chi connectivity index (χ4v) is 2.19. The highest BCUT2D eigenvalue weighted by Crippen LogP contribution is 2.24. The van der Waals surface area contributed by atoms with Crippen LogP contribution >= 0.6 is 0 Å². The van der Waals surface area contributed by atoms with Crippen LogP contribution in [0.4, 0.5) is 10.2 Å². The molecule has 3 N–H and O–H groups in total. The minimum absolute atomic E-state index is 0.148. The van der Waals surface area contributed by atoms with Crippen molar-refractivity contribution in [1.82, 2.24) is 14.8 Å².